The van der Waals surface area contributed by atoms with E-state index in [1.165, 1.54) is 36.6 Å². The number of fused-ring (bicyclic) bond motifs is 4. The third kappa shape index (κ3) is 3.43. The molecule has 6 rings (SSSR count). The number of amides is 1. The molecule has 6 nitrogen and oxygen atoms in total. The van der Waals surface area contributed by atoms with E-state index in [1.54, 1.807) is 4.90 Å². The molecule has 2 unspecified atom stereocenters. The molecule has 2 fully saturated rings. The summed E-state index contributed by atoms with van der Waals surface area (Å²) in [7, 11) is 1.46. The van der Waals surface area contributed by atoms with Crippen molar-refractivity contribution in [2.24, 2.45) is 11.8 Å². The smallest absolute Gasteiger partial charge is 0.414 e. The van der Waals surface area contributed by atoms with Crippen molar-refractivity contribution in [3.63, 3.8) is 0 Å². The summed E-state index contributed by atoms with van der Waals surface area (Å²) in [4.78, 5) is 19.7. The predicted octanol–water partition coefficient (Wildman–Crippen LogP) is 4.71. The third-order valence-corrected chi connectivity index (χ3v) is 8.10. The van der Waals surface area contributed by atoms with E-state index in [-0.39, 0.29) is 12.1 Å². The Balaban J connectivity index is 1.48. The number of carbonyl (C=O) groups is 1. The van der Waals surface area contributed by atoms with Crippen molar-refractivity contribution in [2.75, 3.05) is 25.1 Å². The first kappa shape index (κ1) is 20.7. The topological polar surface area (TPSA) is 59.4 Å². The standard InChI is InChI=1S/C27H32N4O2/c1-17-8-9-22-23(30(17)27(32)33-2)10-11-24-26(22)29-25(12-18-6-4-3-5-7-18)31(24)21-13-19-15-28-16-20(19)14-21/h3-7,10-11,17,19-21,28H,8-9,12-16H2,1-2H3/t17-,19?,20?,21?/m0/s1. The molecular weight excluding hydrogens is 412 g/mol. The minimum atomic E-state index is -0.289. The van der Waals surface area contributed by atoms with Gasteiger partial charge in [-0.1, -0.05) is 30.3 Å². The first-order chi connectivity index (χ1) is 16.1. The van der Waals surface area contributed by atoms with Crippen LogP contribution in [-0.4, -0.2) is 41.9 Å². The number of nitrogens with zero attached hydrogens (tertiary/aromatic N) is 3. The maximum atomic E-state index is 12.6. The Bertz CT molecular complexity index is 1180. The van der Waals surface area contributed by atoms with Gasteiger partial charge in [-0.05, 0) is 75.2 Å². The summed E-state index contributed by atoms with van der Waals surface area (Å²) in [5, 5.41) is 3.57. The van der Waals surface area contributed by atoms with E-state index < -0.39 is 0 Å². The summed E-state index contributed by atoms with van der Waals surface area (Å²) >= 11 is 0. The molecule has 1 aliphatic carbocycles. The monoisotopic (exact) mass is 444 g/mol. The molecule has 2 aliphatic heterocycles. The molecule has 3 aromatic rings. The van der Waals surface area contributed by atoms with Crippen molar-refractivity contribution in [2.45, 2.75) is 51.1 Å². The molecule has 1 saturated heterocycles. The Hall–Kier alpha value is -2.86. The number of aryl methyl sites for hydroxylation is 1. The number of carbonyl (C=O) groups excluding carboxylic acids is 1. The average Bonchev–Trinajstić information content (AvgIpc) is 3.52. The largest absolute Gasteiger partial charge is 0.452 e. The number of hydrogen-bond acceptors (Lipinski definition) is 4. The van der Waals surface area contributed by atoms with Crippen LogP contribution in [0, 0.1) is 11.8 Å². The van der Waals surface area contributed by atoms with E-state index in [0.29, 0.717) is 6.04 Å². The van der Waals surface area contributed by atoms with Crippen molar-refractivity contribution >= 4 is 22.8 Å². The molecule has 0 spiro atoms. The van der Waals surface area contributed by atoms with Gasteiger partial charge in [-0.3, -0.25) is 4.90 Å². The van der Waals surface area contributed by atoms with Crippen molar-refractivity contribution in [3.8, 4) is 0 Å². The van der Waals surface area contributed by atoms with Crippen molar-refractivity contribution < 1.29 is 9.53 Å². The molecule has 3 atom stereocenters. The summed E-state index contributed by atoms with van der Waals surface area (Å²) in [5.74, 6) is 2.68. The highest BCUT2D eigenvalue weighted by atomic mass is 16.5. The maximum absolute atomic E-state index is 12.6. The van der Waals surface area contributed by atoms with E-state index >= 15 is 0 Å². The molecule has 2 aromatic carbocycles. The summed E-state index contributed by atoms with van der Waals surface area (Å²) in [6.45, 7) is 4.38. The Labute approximate surface area is 194 Å². The van der Waals surface area contributed by atoms with E-state index in [1.807, 2.05) is 0 Å². The minimum absolute atomic E-state index is 0.120. The summed E-state index contributed by atoms with van der Waals surface area (Å²) in [5.41, 5.74) is 5.71. The molecule has 1 saturated carbocycles. The number of methoxy groups -OCH3 is 1. The predicted molar refractivity (Wildman–Crippen MR) is 130 cm³/mol. The van der Waals surface area contributed by atoms with Gasteiger partial charge in [0.2, 0.25) is 0 Å². The van der Waals surface area contributed by atoms with E-state index in [4.69, 9.17) is 9.72 Å². The second-order valence-electron chi connectivity index (χ2n) is 10.0. The molecule has 3 aliphatic rings. The van der Waals surface area contributed by atoms with Gasteiger partial charge in [0.1, 0.15) is 5.82 Å². The minimum Gasteiger partial charge on any atom is -0.452 e. The SMILES string of the molecule is COC(=O)N1c2ccc3c(nc(Cc4ccccc4)n3C3CC4CNCC4C3)c2CC[C@@H]1C. The van der Waals surface area contributed by atoms with Crippen LogP contribution in [-0.2, 0) is 17.6 Å². The lowest BCUT2D eigenvalue weighted by molar-refractivity contribution is 0.175. The zero-order valence-corrected chi connectivity index (χ0v) is 19.5. The molecule has 6 heteroatoms. The zero-order valence-electron chi connectivity index (χ0n) is 19.5. The molecule has 1 N–H and O–H groups in total. The maximum Gasteiger partial charge on any atom is 0.414 e. The highest BCUT2D eigenvalue weighted by Gasteiger charge is 2.40. The fraction of sp³-hybridized carbons (Fsp3) is 0.481. The van der Waals surface area contributed by atoms with Crippen LogP contribution in [0.3, 0.4) is 0 Å². The van der Waals surface area contributed by atoms with Crippen LogP contribution in [0.15, 0.2) is 42.5 Å². The molecular formula is C27H32N4O2. The molecule has 172 valence electrons. The molecule has 33 heavy (non-hydrogen) atoms. The van der Waals surface area contributed by atoms with Crippen molar-refractivity contribution in [3.05, 3.63) is 59.4 Å². The quantitative estimate of drug-likeness (QED) is 0.636. The van der Waals surface area contributed by atoms with Crippen molar-refractivity contribution in [1.82, 2.24) is 14.9 Å². The normalized spacial score (nSPS) is 26.4. The van der Waals surface area contributed by atoms with Crippen molar-refractivity contribution in [1.29, 1.82) is 0 Å². The van der Waals surface area contributed by atoms with Gasteiger partial charge < -0.3 is 14.6 Å². The van der Waals surface area contributed by atoms with Gasteiger partial charge in [0, 0.05) is 24.1 Å². The lowest BCUT2D eigenvalue weighted by Crippen LogP contribution is -2.42. The molecule has 1 amide bonds. The van der Waals surface area contributed by atoms with Crippen LogP contribution in [0.1, 0.15) is 49.2 Å². The Morgan fingerprint density at radius 1 is 1.12 bits per heavy atom. The number of ether oxygens (including phenoxy) is 1. The van der Waals surface area contributed by atoms with E-state index in [0.717, 1.165) is 61.2 Å². The number of aromatic nitrogens is 2. The third-order valence-electron chi connectivity index (χ3n) is 8.10. The van der Waals surface area contributed by atoms with E-state index in [2.05, 4.69) is 59.3 Å². The second-order valence-corrected chi connectivity index (χ2v) is 10.0. The van der Waals surface area contributed by atoms with E-state index in [9.17, 15) is 4.79 Å². The number of imidazole rings is 1. The molecule has 0 radical (unpaired) electrons. The van der Waals surface area contributed by atoms with Gasteiger partial charge in [0.15, 0.2) is 0 Å². The van der Waals surface area contributed by atoms with Crippen LogP contribution < -0.4 is 10.2 Å². The number of anilines is 1. The Morgan fingerprint density at radius 2 is 1.88 bits per heavy atom. The summed E-state index contributed by atoms with van der Waals surface area (Å²) in [6, 6.07) is 15.6. The summed E-state index contributed by atoms with van der Waals surface area (Å²) < 4.78 is 7.66. The fourth-order valence-electron chi connectivity index (χ4n) is 6.48. The van der Waals surface area contributed by atoms with Crippen LogP contribution in [0.4, 0.5) is 10.5 Å². The number of rotatable bonds is 3. The number of nitrogens with one attached hydrogen (secondary N) is 1. The van der Waals surface area contributed by atoms with Crippen LogP contribution in [0.25, 0.3) is 11.0 Å². The fourth-order valence-corrected chi connectivity index (χ4v) is 6.48. The lowest BCUT2D eigenvalue weighted by Gasteiger charge is -2.34. The zero-order chi connectivity index (χ0) is 22.5. The van der Waals surface area contributed by atoms with Crippen LogP contribution in [0.5, 0.6) is 0 Å². The Morgan fingerprint density at radius 3 is 2.61 bits per heavy atom. The number of hydrogen-bond donors (Lipinski definition) is 1. The first-order valence-electron chi connectivity index (χ1n) is 12.3. The van der Waals surface area contributed by atoms with Gasteiger partial charge in [-0.25, -0.2) is 9.78 Å². The van der Waals surface area contributed by atoms with Gasteiger partial charge in [-0.2, -0.15) is 0 Å². The second kappa shape index (κ2) is 8.17. The van der Waals surface area contributed by atoms with Crippen LogP contribution in [0.2, 0.25) is 0 Å². The van der Waals surface area contributed by atoms with Gasteiger partial charge in [0.05, 0.1) is 23.8 Å². The first-order valence-corrected chi connectivity index (χ1v) is 12.3. The summed E-state index contributed by atoms with van der Waals surface area (Å²) in [6.07, 6.45) is 4.82. The Kier molecular flexibility index (Phi) is 5.13. The highest BCUT2D eigenvalue weighted by Crippen LogP contribution is 2.45. The van der Waals surface area contributed by atoms with Crippen LogP contribution >= 0.6 is 0 Å². The lowest BCUT2D eigenvalue weighted by atomic mass is 9.95. The molecule has 0 bridgehead atoms. The highest BCUT2D eigenvalue weighted by molar-refractivity contribution is 5.95. The van der Waals surface area contributed by atoms with Gasteiger partial charge in [-0.15, -0.1) is 0 Å². The average molecular weight is 445 g/mol. The van der Waals surface area contributed by atoms with Gasteiger partial charge in [0.25, 0.3) is 0 Å². The molecule has 1 aromatic heterocycles. The molecule has 3 heterocycles. The van der Waals surface area contributed by atoms with Gasteiger partial charge >= 0.3 is 6.09 Å². The number of benzene rings is 2.